The molecular formula is C21H20N2O4. The van der Waals surface area contributed by atoms with E-state index < -0.39 is 6.10 Å². The summed E-state index contributed by atoms with van der Waals surface area (Å²) >= 11 is 0. The highest BCUT2D eigenvalue weighted by Gasteiger charge is 2.24. The van der Waals surface area contributed by atoms with E-state index in [0.29, 0.717) is 22.7 Å². The number of hydrogen-bond donors (Lipinski definition) is 2. The van der Waals surface area contributed by atoms with Crippen molar-refractivity contribution in [3.05, 3.63) is 52.8 Å². The summed E-state index contributed by atoms with van der Waals surface area (Å²) in [6.07, 6.45) is -0.539. The van der Waals surface area contributed by atoms with Crippen LogP contribution in [0.4, 0.5) is 11.4 Å². The number of carbonyl (C=O) groups is 2. The molecule has 1 aliphatic heterocycles. The Balaban J connectivity index is 1.63. The first-order valence-corrected chi connectivity index (χ1v) is 8.77. The van der Waals surface area contributed by atoms with Crippen molar-refractivity contribution in [2.75, 3.05) is 10.6 Å². The largest absolute Gasteiger partial charge is 0.479 e. The second-order valence-corrected chi connectivity index (χ2v) is 6.90. The fraction of sp³-hybridized carbons (Fsp3) is 0.238. The number of ether oxygens (including phenoxy) is 1. The molecule has 0 unspecified atom stereocenters. The minimum Gasteiger partial charge on any atom is -0.479 e. The fourth-order valence-corrected chi connectivity index (χ4v) is 3.17. The lowest BCUT2D eigenvalue weighted by molar-refractivity contribution is -0.122. The third kappa shape index (κ3) is 2.93. The molecule has 4 rings (SSSR count). The minimum absolute atomic E-state index is 0.218. The van der Waals surface area contributed by atoms with Crippen LogP contribution >= 0.6 is 0 Å². The van der Waals surface area contributed by atoms with Crippen molar-refractivity contribution in [3.63, 3.8) is 0 Å². The molecule has 2 N–H and O–H groups in total. The molecule has 138 valence electrons. The van der Waals surface area contributed by atoms with Gasteiger partial charge in [0.1, 0.15) is 11.3 Å². The Bertz CT molecular complexity index is 1100. The first-order chi connectivity index (χ1) is 12.8. The fourth-order valence-electron chi connectivity index (χ4n) is 3.17. The van der Waals surface area contributed by atoms with Gasteiger partial charge < -0.3 is 19.8 Å². The van der Waals surface area contributed by atoms with Crippen molar-refractivity contribution in [1.82, 2.24) is 0 Å². The van der Waals surface area contributed by atoms with Crippen LogP contribution in [0.1, 0.15) is 34.2 Å². The Labute approximate surface area is 156 Å². The SMILES string of the molecule is Cc1cc2oc(C(=O)Nc3ccc4c(c3)NC(=O)[C@@H](C)O4)c(C)c2cc1C. The van der Waals surface area contributed by atoms with Gasteiger partial charge in [0.25, 0.3) is 11.8 Å². The molecular weight excluding hydrogens is 344 g/mol. The van der Waals surface area contributed by atoms with E-state index >= 15 is 0 Å². The number of benzene rings is 2. The van der Waals surface area contributed by atoms with Crippen molar-refractivity contribution in [2.24, 2.45) is 0 Å². The van der Waals surface area contributed by atoms with Crippen LogP contribution in [0, 0.1) is 20.8 Å². The van der Waals surface area contributed by atoms with Gasteiger partial charge in [-0.15, -0.1) is 0 Å². The van der Waals surface area contributed by atoms with Crippen molar-refractivity contribution in [3.8, 4) is 5.75 Å². The van der Waals surface area contributed by atoms with E-state index in [1.807, 2.05) is 32.9 Å². The van der Waals surface area contributed by atoms with Gasteiger partial charge in [-0.3, -0.25) is 9.59 Å². The van der Waals surface area contributed by atoms with E-state index in [1.54, 1.807) is 25.1 Å². The maximum Gasteiger partial charge on any atom is 0.291 e. The van der Waals surface area contributed by atoms with Gasteiger partial charge in [0.2, 0.25) is 0 Å². The number of anilines is 2. The summed E-state index contributed by atoms with van der Waals surface area (Å²) in [6, 6.07) is 9.10. The molecule has 0 aliphatic carbocycles. The predicted octanol–water partition coefficient (Wildman–Crippen LogP) is 4.33. The van der Waals surface area contributed by atoms with Gasteiger partial charge in [-0.25, -0.2) is 0 Å². The number of furan rings is 1. The van der Waals surface area contributed by atoms with E-state index in [9.17, 15) is 9.59 Å². The summed E-state index contributed by atoms with van der Waals surface area (Å²) in [5.41, 5.74) is 4.84. The molecule has 27 heavy (non-hydrogen) atoms. The van der Waals surface area contributed by atoms with Crippen LogP contribution in [0.2, 0.25) is 0 Å². The van der Waals surface area contributed by atoms with E-state index in [-0.39, 0.29) is 17.6 Å². The monoisotopic (exact) mass is 364 g/mol. The lowest BCUT2D eigenvalue weighted by atomic mass is 10.0. The number of aryl methyl sites for hydroxylation is 3. The zero-order valence-corrected chi connectivity index (χ0v) is 15.6. The van der Waals surface area contributed by atoms with Crippen LogP contribution in [-0.2, 0) is 4.79 Å². The van der Waals surface area contributed by atoms with Crippen LogP contribution in [0.5, 0.6) is 5.75 Å². The standard InChI is InChI=1S/C21H20N2O4/c1-10-7-15-12(3)19(27-18(15)8-11(10)2)21(25)22-14-5-6-17-16(9-14)23-20(24)13(4)26-17/h5-9,13H,1-4H3,(H,22,25)(H,23,24)/t13-/m1/s1. The first-order valence-electron chi connectivity index (χ1n) is 8.77. The highest BCUT2D eigenvalue weighted by atomic mass is 16.5. The highest BCUT2D eigenvalue weighted by molar-refractivity contribution is 6.07. The Kier molecular flexibility index (Phi) is 3.91. The molecule has 6 heteroatoms. The van der Waals surface area contributed by atoms with Gasteiger partial charge in [-0.05, 0) is 69.2 Å². The molecule has 0 fully saturated rings. The van der Waals surface area contributed by atoms with Gasteiger partial charge in [-0.2, -0.15) is 0 Å². The van der Waals surface area contributed by atoms with Crippen molar-refractivity contribution >= 4 is 34.2 Å². The smallest absolute Gasteiger partial charge is 0.291 e. The molecule has 0 saturated heterocycles. The number of nitrogens with one attached hydrogen (secondary N) is 2. The molecule has 0 spiro atoms. The third-order valence-electron chi connectivity index (χ3n) is 4.93. The molecule has 1 aliphatic rings. The zero-order valence-electron chi connectivity index (χ0n) is 15.6. The maximum absolute atomic E-state index is 12.7. The van der Waals surface area contributed by atoms with Gasteiger partial charge in [-0.1, -0.05) is 0 Å². The average Bonchev–Trinajstić information content (AvgIpc) is 2.93. The topological polar surface area (TPSA) is 80.6 Å². The summed E-state index contributed by atoms with van der Waals surface area (Å²) in [5, 5.41) is 6.53. The molecule has 2 aromatic carbocycles. The predicted molar refractivity (Wildman–Crippen MR) is 104 cm³/mol. The Morgan fingerprint density at radius 3 is 2.63 bits per heavy atom. The molecule has 0 bridgehead atoms. The van der Waals surface area contributed by atoms with Crippen LogP contribution < -0.4 is 15.4 Å². The summed E-state index contributed by atoms with van der Waals surface area (Å²) in [5.74, 6) is 0.299. The average molecular weight is 364 g/mol. The minimum atomic E-state index is -0.539. The molecule has 2 amide bonds. The molecule has 1 atom stereocenters. The van der Waals surface area contributed by atoms with E-state index in [2.05, 4.69) is 10.6 Å². The normalized spacial score (nSPS) is 15.9. The van der Waals surface area contributed by atoms with E-state index in [1.165, 1.54) is 0 Å². The van der Waals surface area contributed by atoms with Gasteiger partial charge in [0.15, 0.2) is 11.9 Å². The number of amides is 2. The number of fused-ring (bicyclic) bond motifs is 2. The van der Waals surface area contributed by atoms with Gasteiger partial charge in [0.05, 0.1) is 5.69 Å². The summed E-state index contributed by atoms with van der Waals surface area (Å²) in [4.78, 5) is 24.5. The molecule has 0 radical (unpaired) electrons. The number of carbonyl (C=O) groups excluding carboxylic acids is 2. The number of hydrogen-bond acceptors (Lipinski definition) is 4. The van der Waals surface area contributed by atoms with Crippen LogP contribution in [0.3, 0.4) is 0 Å². The summed E-state index contributed by atoms with van der Waals surface area (Å²) < 4.78 is 11.3. The van der Waals surface area contributed by atoms with Crippen molar-refractivity contribution in [2.45, 2.75) is 33.8 Å². The maximum atomic E-state index is 12.7. The Morgan fingerprint density at radius 2 is 1.85 bits per heavy atom. The van der Waals surface area contributed by atoms with E-state index in [4.69, 9.17) is 9.15 Å². The Hall–Kier alpha value is -3.28. The lowest BCUT2D eigenvalue weighted by Crippen LogP contribution is -2.34. The van der Waals surface area contributed by atoms with Crippen molar-refractivity contribution in [1.29, 1.82) is 0 Å². The molecule has 6 nitrogen and oxygen atoms in total. The van der Waals surface area contributed by atoms with Crippen LogP contribution in [0.15, 0.2) is 34.7 Å². The van der Waals surface area contributed by atoms with Crippen LogP contribution in [-0.4, -0.2) is 17.9 Å². The second-order valence-electron chi connectivity index (χ2n) is 6.90. The molecule has 2 heterocycles. The summed E-state index contributed by atoms with van der Waals surface area (Å²) in [6.45, 7) is 7.60. The molecule has 0 saturated carbocycles. The lowest BCUT2D eigenvalue weighted by Gasteiger charge is -2.23. The summed E-state index contributed by atoms with van der Waals surface area (Å²) in [7, 11) is 0. The van der Waals surface area contributed by atoms with Crippen LogP contribution in [0.25, 0.3) is 11.0 Å². The number of rotatable bonds is 2. The Morgan fingerprint density at radius 1 is 1.11 bits per heavy atom. The molecule has 1 aromatic heterocycles. The third-order valence-corrected chi connectivity index (χ3v) is 4.93. The molecule has 3 aromatic rings. The van der Waals surface area contributed by atoms with Gasteiger partial charge in [0, 0.05) is 16.6 Å². The second kappa shape index (κ2) is 6.16. The highest BCUT2D eigenvalue weighted by Crippen LogP contribution is 2.33. The van der Waals surface area contributed by atoms with E-state index in [0.717, 1.165) is 22.1 Å². The van der Waals surface area contributed by atoms with Gasteiger partial charge >= 0.3 is 0 Å². The quantitative estimate of drug-likeness (QED) is 0.709. The zero-order chi connectivity index (χ0) is 19.3. The van der Waals surface area contributed by atoms with Crippen molar-refractivity contribution < 1.29 is 18.7 Å². The first kappa shape index (κ1) is 17.1.